The van der Waals surface area contributed by atoms with E-state index in [2.05, 4.69) is 15.0 Å². The third-order valence-electron chi connectivity index (χ3n) is 3.41. The van der Waals surface area contributed by atoms with E-state index < -0.39 is 0 Å². The molecule has 1 rings (SSSR count). The molecule has 0 fully saturated rings. The Balaban J connectivity index is 3.02. The minimum absolute atomic E-state index is 0.139. The molecule has 0 aromatic carbocycles. The number of halogens is 1. The quantitative estimate of drug-likeness (QED) is 0.465. The van der Waals surface area contributed by atoms with Gasteiger partial charge in [0.2, 0.25) is 17.2 Å². The van der Waals surface area contributed by atoms with E-state index >= 15 is 0 Å². The van der Waals surface area contributed by atoms with E-state index in [1.807, 2.05) is 9.80 Å². The van der Waals surface area contributed by atoms with Gasteiger partial charge in [-0.2, -0.15) is 15.0 Å². The van der Waals surface area contributed by atoms with Crippen LogP contribution in [0.1, 0.15) is 0 Å². The van der Waals surface area contributed by atoms with Crippen LogP contribution in [-0.2, 0) is 18.9 Å². The molecule has 25 heavy (non-hydrogen) atoms. The summed E-state index contributed by atoms with van der Waals surface area (Å²) >= 11 is 6.13. The summed E-state index contributed by atoms with van der Waals surface area (Å²) in [5.41, 5.74) is 0. The zero-order valence-electron chi connectivity index (χ0n) is 15.4. The van der Waals surface area contributed by atoms with Gasteiger partial charge in [0.05, 0.1) is 26.4 Å². The van der Waals surface area contributed by atoms with E-state index in [1.54, 1.807) is 28.4 Å². The van der Waals surface area contributed by atoms with Crippen LogP contribution in [0.15, 0.2) is 0 Å². The molecule has 1 aromatic rings. The molecule has 10 heteroatoms. The number of methoxy groups -OCH3 is 4. The normalized spacial score (nSPS) is 10.9. The smallest absolute Gasteiger partial charge is 0.231 e. The average molecular weight is 378 g/mol. The summed E-state index contributed by atoms with van der Waals surface area (Å²) in [5, 5.41) is 0.139. The molecule has 0 aliphatic rings. The topological polar surface area (TPSA) is 82.1 Å². The SMILES string of the molecule is COCCN(CCOC)c1nc(Cl)nc(N(CCOC)CCOC)n1. The molecule has 1 heterocycles. The number of hydrogen-bond acceptors (Lipinski definition) is 9. The third-order valence-corrected chi connectivity index (χ3v) is 3.58. The summed E-state index contributed by atoms with van der Waals surface area (Å²) in [5.74, 6) is 0.980. The molecule has 0 saturated heterocycles. The molecule has 1 aromatic heterocycles. The highest BCUT2D eigenvalue weighted by molar-refractivity contribution is 6.28. The Bertz CT molecular complexity index is 429. The first-order valence-corrected chi connectivity index (χ1v) is 8.41. The van der Waals surface area contributed by atoms with Crippen molar-refractivity contribution < 1.29 is 18.9 Å². The van der Waals surface area contributed by atoms with Crippen molar-refractivity contribution in [2.45, 2.75) is 0 Å². The van der Waals surface area contributed by atoms with E-state index in [1.165, 1.54) is 0 Å². The lowest BCUT2D eigenvalue weighted by Crippen LogP contribution is -2.35. The highest BCUT2D eigenvalue weighted by atomic mass is 35.5. The fourth-order valence-corrected chi connectivity index (χ4v) is 2.19. The summed E-state index contributed by atoms with van der Waals surface area (Å²) in [7, 11) is 6.60. The van der Waals surface area contributed by atoms with E-state index in [4.69, 9.17) is 30.5 Å². The molecule has 0 aliphatic heterocycles. The van der Waals surface area contributed by atoms with Gasteiger partial charge in [-0.15, -0.1) is 0 Å². The Labute approximate surface area is 154 Å². The van der Waals surface area contributed by atoms with Gasteiger partial charge < -0.3 is 28.7 Å². The van der Waals surface area contributed by atoms with Gasteiger partial charge >= 0.3 is 0 Å². The standard InChI is InChI=1S/C15H28ClN5O4/c1-22-9-5-20(6-10-23-2)14-17-13(16)18-15(19-14)21(7-11-24-3)8-12-25-4/h5-12H2,1-4H3. The van der Waals surface area contributed by atoms with Crippen molar-refractivity contribution in [3.05, 3.63) is 5.28 Å². The molecule has 0 amide bonds. The van der Waals surface area contributed by atoms with Crippen LogP contribution in [-0.4, -0.2) is 96.0 Å². The Morgan fingerprint density at radius 3 is 1.24 bits per heavy atom. The minimum atomic E-state index is 0.139. The van der Waals surface area contributed by atoms with Crippen LogP contribution in [0.3, 0.4) is 0 Å². The highest BCUT2D eigenvalue weighted by Gasteiger charge is 2.17. The Morgan fingerprint density at radius 1 is 0.640 bits per heavy atom. The molecule has 0 N–H and O–H groups in total. The average Bonchev–Trinajstić information content (AvgIpc) is 2.61. The van der Waals surface area contributed by atoms with E-state index in [9.17, 15) is 0 Å². The lowest BCUT2D eigenvalue weighted by atomic mass is 10.5. The molecule has 0 unspecified atom stereocenters. The van der Waals surface area contributed by atoms with E-state index in [0.717, 1.165) is 0 Å². The van der Waals surface area contributed by atoms with Crippen molar-refractivity contribution in [1.29, 1.82) is 0 Å². The second-order valence-corrected chi connectivity index (χ2v) is 5.49. The summed E-state index contributed by atoms with van der Waals surface area (Å²) in [6.45, 7) is 4.65. The molecule has 0 saturated carbocycles. The van der Waals surface area contributed by atoms with Gasteiger partial charge in [-0.1, -0.05) is 0 Å². The number of hydrogen-bond donors (Lipinski definition) is 0. The van der Waals surface area contributed by atoms with Crippen molar-refractivity contribution >= 4 is 23.5 Å². The molecular formula is C15H28ClN5O4. The molecule has 144 valence electrons. The maximum absolute atomic E-state index is 6.13. The van der Waals surface area contributed by atoms with Crippen LogP contribution < -0.4 is 9.80 Å². The van der Waals surface area contributed by atoms with Gasteiger partial charge in [-0.25, -0.2) is 0 Å². The van der Waals surface area contributed by atoms with Crippen molar-refractivity contribution in [1.82, 2.24) is 15.0 Å². The van der Waals surface area contributed by atoms with Gasteiger partial charge in [0.15, 0.2) is 0 Å². The molecule has 0 bridgehead atoms. The maximum Gasteiger partial charge on any atom is 0.231 e. The second-order valence-electron chi connectivity index (χ2n) is 5.15. The van der Waals surface area contributed by atoms with Gasteiger partial charge in [0, 0.05) is 54.6 Å². The van der Waals surface area contributed by atoms with Crippen LogP contribution in [0.4, 0.5) is 11.9 Å². The van der Waals surface area contributed by atoms with Crippen molar-refractivity contribution in [2.75, 3.05) is 90.8 Å². The first-order chi connectivity index (χ1) is 12.2. The third kappa shape index (κ3) is 8.10. The number of rotatable bonds is 14. The number of ether oxygens (including phenoxy) is 4. The monoisotopic (exact) mass is 377 g/mol. The second kappa shape index (κ2) is 13.0. The van der Waals surface area contributed by atoms with Crippen LogP contribution in [0.25, 0.3) is 0 Å². The first kappa shape index (κ1) is 21.8. The largest absolute Gasteiger partial charge is 0.383 e. The lowest BCUT2D eigenvalue weighted by Gasteiger charge is -2.25. The number of aromatic nitrogens is 3. The maximum atomic E-state index is 6.13. The predicted octanol–water partition coefficient (Wildman–Crippen LogP) is 0.723. The zero-order valence-corrected chi connectivity index (χ0v) is 16.2. The van der Waals surface area contributed by atoms with E-state index in [0.29, 0.717) is 64.5 Å². The molecule has 0 radical (unpaired) electrons. The van der Waals surface area contributed by atoms with Crippen LogP contribution in [0.2, 0.25) is 5.28 Å². The Kier molecular flexibility index (Phi) is 11.3. The molecular weight excluding hydrogens is 350 g/mol. The summed E-state index contributed by atoms with van der Waals surface area (Å²) in [4.78, 5) is 17.0. The fourth-order valence-electron chi connectivity index (χ4n) is 2.04. The van der Waals surface area contributed by atoms with Gasteiger partial charge in [-0.05, 0) is 11.6 Å². The Hall–Kier alpha value is -1.26. The highest BCUT2D eigenvalue weighted by Crippen LogP contribution is 2.17. The molecule has 9 nitrogen and oxygen atoms in total. The van der Waals surface area contributed by atoms with Crippen molar-refractivity contribution in [2.24, 2.45) is 0 Å². The van der Waals surface area contributed by atoms with E-state index in [-0.39, 0.29) is 5.28 Å². The van der Waals surface area contributed by atoms with Crippen molar-refractivity contribution in [3.8, 4) is 0 Å². The van der Waals surface area contributed by atoms with Crippen LogP contribution in [0, 0.1) is 0 Å². The molecule has 0 spiro atoms. The van der Waals surface area contributed by atoms with Crippen LogP contribution >= 0.6 is 11.6 Å². The minimum Gasteiger partial charge on any atom is -0.383 e. The summed E-state index contributed by atoms with van der Waals surface area (Å²) in [6, 6.07) is 0. The number of nitrogens with zero attached hydrogens (tertiary/aromatic N) is 5. The fraction of sp³-hybridized carbons (Fsp3) is 0.800. The van der Waals surface area contributed by atoms with Gasteiger partial charge in [0.1, 0.15) is 0 Å². The van der Waals surface area contributed by atoms with Crippen molar-refractivity contribution in [3.63, 3.8) is 0 Å². The Morgan fingerprint density at radius 2 is 0.960 bits per heavy atom. The first-order valence-electron chi connectivity index (χ1n) is 8.03. The molecule has 0 aliphatic carbocycles. The summed E-state index contributed by atoms with van der Waals surface area (Å²) in [6.07, 6.45) is 0. The van der Waals surface area contributed by atoms with Gasteiger partial charge in [-0.3, -0.25) is 0 Å². The van der Waals surface area contributed by atoms with Gasteiger partial charge in [0.25, 0.3) is 0 Å². The molecule has 0 atom stereocenters. The summed E-state index contributed by atoms with van der Waals surface area (Å²) < 4.78 is 20.6. The zero-order chi connectivity index (χ0) is 18.5. The number of anilines is 2. The predicted molar refractivity (Wildman–Crippen MR) is 96.8 cm³/mol. The van der Waals surface area contributed by atoms with Crippen LogP contribution in [0.5, 0.6) is 0 Å². The lowest BCUT2D eigenvalue weighted by molar-refractivity contribution is 0.189.